The average molecular weight is 1260 g/mol. The zero-order valence-corrected chi connectivity index (χ0v) is 52.1. The van der Waals surface area contributed by atoms with Crippen molar-refractivity contribution in [1.82, 2.24) is 58.1 Å². The highest BCUT2D eigenvalue weighted by molar-refractivity contribution is 7.98. The number of carboxylic acid groups (broad SMARTS) is 2. The highest BCUT2D eigenvalue weighted by atomic mass is 32.2. The molecule has 0 aliphatic carbocycles. The van der Waals surface area contributed by atoms with Gasteiger partial charge in [-0.1, -0.05) is 77.8 Å². The first-order chi connectivity index (χ1) is 41.4. The van der Waals surface area contributed by atoms with Crippen molar-refractivity contribution in [2.24, 2.45) is 17.6 Å². The molecule has 31 heteroatoms. The quantitative estimate of drug-likeness (QED) is 0.0294. The molecule has 0 bridgehead atoms. The molecule has 1 aromatic carbocycles. The summed E-state index contributed by atoms with van der Waals surface area (Å²) in [6.07, 6.45) is 0.460. The van der Waals surface area contributed by atoms with Gasteiger partial charge in [-0.25, -0.2) is 0 Å². The van der Waals surface area contributed by atoms with E-state index in [1.807, 2.05) is 6.92 Å². The van der Waals surface area contributed by atoms with E-state index in [0.717, 1.165) is 12.5 Å². The van der Waals surface area contributed by atoms with Gasteiger partial charge >= 0.3 is 11.9 Å². The van der Waals surface area contributed by atoms with Crippen molar-refractivity contribution in [3.05, 3.63) is 35.4 Å². The summed E-state index contributed by atoms with van der Waals surface area (Å²) in [5, 5.41) is 53.2. The molecule has 88 heavy (non-hydrogen) atoms. The molecule has 0 aromatic heterocycles. The number of aliphatic carboxylic acids is 2. The number of rotatable bonds is 39. The molecule has 1 aliphatic heterocycles. The van der Waals surface area contributed by atoms with Crippen molar-refractivity contribution in [2.75, 3.05) is 31.7 Å². The van der Waals surface area contributed by atoms with Crippen LogP contribution < -0.4 is 58.9 Å². The number of nitrogens with two attached hydrogens (primary N) is 1. The summed E-state index contributed by atoms with van der Waals surface area (Å²) in [7, 11) is 0. The van der Waals surface area contributed by atoms with E-state index in [1.54, 1.807) is 72.1 Å². The van der Waals surface area contributed by atoms with Crippen LogP contribution in [-0.2, 0) is 78.3 Å². The Hall–Kier alpha value is -8.22. The van der Waals surface area contributed by atoms with E-state index in [9.17, 15) is 82.1 Å². The van der Waals surface area contributed by atoms with Crippen LogP contribution in [0.1, 0.15) is 124 Å². The molecule has 10 atom stereocenters. The zero-order valence-electron chi connectivity index (χ0n) is 51.2. The number of hydrogen-bond acceptors (Lipinski definition) is 17. The first kappa shape index (κ1) is 75.9. The molecular formula is C57H88N12O18S. The molecule has 1 aliphatic rings. The number of carboxylic acids is 2. The smallest absolute Gasteiger partial charge is 0.303 e. The van der Waals surface area contributed by atoms with Gasteiger partial charge in [-0.05, 0) is 81.3 Å². The molecule has 0 unspecified atom stereocenters. The number of aliphatic hydroxyl groups is 1. The lowest BCUT2D eigenvalue weighted by Crippen LogP contribution is -2.61. The number of primary amides is 1. The van der Waals surface area contributed by atoms with E-state index < -0.39 is 193 Å². The maximum Gasteiger partial charge on any atom is 0.303 e. The number of aliphatic hydroxyl groups excluding tert-OH is 1. The van der Waals surface area contributed by atoms with Gasteiger partial charge in [-0.2, -0.15) is 11.8 Å². The van der Waals surface area contributed by atoms with Crippen LogP contribution >= 0.6 is 11.8 Å². The Balaban J connectivity index is 2.20. The van der Waals surface area contributed by atoms with Crippen LogP contribution in [-0.4, -0.2) is 201 Å². The zero-order chi connectivity index (χ0) is 66.5. The summed E-state index contributed by atoms with van der Waals surface area (Å²) in [5.41, 5.74) is 6.99. The van der Waals surface area contributed by atoms with E-state index in [2.05, 4.69) is 53.2 Å². The number of Topliss-reactive ketones (excluding diaryl/α,β-unsaturated/α-hetero) is 1. The largest absolute Gasteiger partial charge is 0.481 e. The molecule has 30 nitrogen and oxygen atoms in total. The van der Waals surface area contributed by atoms with Crippen LogP contribution in [0.4, 0.5) is 0 Å². The van der Waals surface area contributed by atoms with E-state index in [1.165, 1.54) is 16.7 Å². The van der Waals surface area contributed by atoms with Gasteiger partial charge in [0.2, 0.25) is 70.8 Å². The predicted molar refractivity (Wildman–Crippen MR) is 319 cm³/mol. The molecule has 0 radical (unpaired) electrons. The Bertz CT molecular complexity index is 2660. The fraction of sp³-hybridized carbons (Fsp3) is 0.632. The van der Waals surface area contributed by atoms with Crippen LogP contribution in [0.5, 0.6) is 0 Å². The fourth-order valence-corrected chi connectivity index (χ4v) is 9.63. The van der Waals surface area contributed by atoms with E-state index in [-0.39, 0.29) is 51.5 Å². The second-order valence-electron chi connectivity index (χ2n) is 22.0. The summed E-state index contributed by atoms with van der Waals surface area (Å²) in [6, 6.07) is -6.64. The van der Waals surface area contributed by atoms with Gasteiger partial charge in [0.25, 0.3) is 5.91 Å². The number of nitrogens with one attached hydrogen (secondary N) is 10. The third-order valence-corrected chi connectivity index (χ3v) is 14.8. The minimum atomic E-state index is -1.64. The van der Waals surface area contributed by atoms with Gasteiger partial charge in [-0.3, -0.25) is 71.9 Å². The number of amides is 12. The molecule has 1 heterocycles. The Morgan fingerprint density at radius 1 is 0.614 bits per heavy atom. The number of likely N-dealkylation sites (tertiary alicyclic amines) is 1. The van der Waals surface area contributed by atoms with Crippen molar-refractivity contribution in [3.8, 4) is 0 Å². The number of thioether (sulfide) groups is 1. The fourth-order valence-electron chi connectivity index (χ4n) is 9.15. The normalized spacial score (nSPS) is 15.9. The standard InChI is InChI=1S/C57H88N12O18S/c1-10-13-35(47(77)56(86)59-27-42(72)61-38(23-25-88-9)50(80)66-40(28-70)53(83)65-39(26-33-17-15-31(7)16-18-33)52(82)62-34(11-2)48(58)78)63-54(84)41-14-12-24-69(41)57(87)46(30(5)6)68-55(85)45(29(3)4)67-51(81)37(20-22-44(75)76)64-49(79)36(60-32(8)71)19-21-43(73)74/h15-18,29-30,34-41,45-46,70H,10-14,19-28H2,1-9H3,(H2,58,78)(H,59,86)(H,60,71)(H,61,72)(H,62,82)(H,63,84)(H,64,79)(H,65,83)(H,66,80)(H,67,81)(H,68,85)(H,73,74)(H,75,76)/t34-,35-,36-,37-,38-,39-,40+,41-,45-,46-/m0/s1. The third kappa shape index (κ3) is 25.6. The van der Waals surface area contributed by atoms with Crippen LogP contribution in [0.15, 0.2) is 24.3 Å². The van der Waals surface area contributed by atoms with Gasteiger partial charge < -0.3 is 79.1 Å². The minimum Gasteiger partial charge on any atom is -0.481 e. The maximum absolute atomic E-state index is 14.3. The Morgan fingerprint density at radius 2 is 1.11 bits per heavy atom. The summed E-state index contributed by atoms with van der Waals surface area (Å²) >= 11 is 1.31. The third-order valence-electron chi connectivity index (χ3n) is 14.1. The number of ketones is 1. The molecule has 1 fully saturated rings. The molecule has 2 rings (SSSR count). The monoisotopic (exact) mass is 1260 g/mol. The van der Waals surface area contributed by atoms with Crippen LogP contribution in [0, 0.1) is 18.8 Å². The van der Waals surface area contributed by atoms with Gasteiger partial charge in [0.1, 0.15) is 54.4 Å². The van der Waals surface area contributed by atoms with Gasteiger partial charge in [0, 0.05) is 32.7 Å². The molecule has 12 amide bonds. The molecular weight excluding hydrogens is 1170 g/mol. The molecule has 0 spiro atoms. The van der Waals surface area contributed by atoms with Crippen molar-refractivity contribution < 1.29 is 87.2 Å². The summed E-state index contributed by atoms with van der Waals surface area (Å²) in [4.78, 5) is 198. The van der Waals surface area contributed by atoms with Crippen molar-refractivity contribution in [1.29, 1.82) is 0 Å². The molecule has 15 N–H and O–H groups in total. The lowest BCUT2D eigenvalue weighted by molar-refractivity contribution is -0.144. The van der Waals surface area contributed by atoms with Gasteiger partial charge in [0.05, 0.1) is 19.2 Å². The first-order valence-electron chi connectivity index (χ1n) is 29.1. The number of carbonyl (C=O) groups excluding carboxylic acids is 13. The molecule has 490 valence electrons. The van der Waals surface area contributed by atoms with Crippen LogP contribution in [0.2, 0.25) is 0 Å². The topological polar surface area (TPSA) is 466 Å². The summed E-state index contributed by atoms with van der Waals surface area (Å²) in [6.45, 7) is 10.8. The molecule has 0 saturated carbocycles. The second kappa shape index (κ2) is 38.1. The van der Waals surface area contributed by atoms with E-state index >= 15 is 0 Å². The Labute approximate surface area is 515 Å². The first-order valence-corrected chi connectivity index (χ1v) is 30.5. The van der Waals surface area contributed by atoms with Crippen molar-refractivity contribution in [2.45, 2.75) is 186 Å². The summed E-state index contributed by atoms with van der Waals surface area (Å²) < 4.78 is 0. The van der Waals surface area contributed by atoms with Crippen molar-refractivity contribution in [3.63, 3.8) is 0 Å². The van der Waals surface area contributed by atoms with Crippen LogP contribution in [0.3, 0.4) is 0 Å². The van der Waals surface area contributed by atoms with Gasteiger partial charge in [-0.15, -0.1) is 0 Å². The highest BCUT2D eigenvalue weighted by Crippen LogP contribution is 2.22. The second-order valence-corrected chi connectivity index (χ2v) is 23.0. The number of aryl methyl sites for hydroxylation is 1. The minimum absolute atomic E-state index is 0.00734. The lowest BCUT2D eigenvalue weighted by atomic mass is 9.98. The lowest BCUT2D eigenvalue weighted by Gasteiger charge is -2.33. The number of hydrogen-bond donors (Lipinski definition) is 14. The number of benzene rings is 1. The highest BCUT2D eigenvalue weighted by Gasteiger charge is 2.42. The SMILES string of the molecule is CCC[C@H](NC(=O)[C@@H]1CCCN1C(=O)[C@@H](NC(=O)[C@@H](NC(=O)[C@H](CCC(=O)O)NC(=O)[C@H](CCC(=O)O)NC(C)=O)C(C)C)C(C)C)C(=O)C(=O)NCC(=O)N[C@@H](CCSC)C(=O)N[C@H](CO)C(=O)N[C@@H](Cc1ccc(C)cc1)C(=O)N[C@@H](CC)C(N)=O. The maximum atomic E-state index is 14.3. The predicted octanol–water partition coefficient (Wildman–Crippen LogP) is -2.92. The average Bonchev–Trinajstić information content (AvgIpc) is 3.98. The van der Waals surface area contributed by atoms with Crippen LogP contribution in [0.25, 0.3) is 0 Å². The number of nitrogens with zero attached hydrogens (tertiary/aromatic N) is 1. The summed E-state index contributed by atoms with van der Waals surface area (Å²) in [5.74, 6) is -15.5. The molecule has 1 aromatic rings. The Morgan fingerprint density at radius 3 is 1.62 bits per heavy atom. The van der Waals surface area contributed by atoms with Crippen molar-refractivity contribution >= 4 is 100 Å². The van der Waals surface area contributed by atoms with E-state index in [4.69, 9.17) is 10.8 Å². The molecule has 1 saturated heterocycles. The Kier molecular flexibility index (Phi) is 32.9. The van der Waals surface area contributed by atoms with Gasteiger partial charge in [0.15, 0.2) is 0 Å². The number of carbonyl (C=O) groups is 15. The van der Waals surface area contributed by atoms with E-state index in [0.29, 0.717) is 17.7 Å².